The first kappa shape index (κ1) is 17.1. The minimum atomic E-state index is -0.409. The van der Waals surface area contributed by atoms with E-state index >= 15 is 0 Å². The number of benzene rings is 1. The van der Waals surface area contributed by atoms with Gasteiger partial charge in [0, 0.05) is 19.5 Å². The number of para-hydroxylation sites is 2. The average Bonchev–Trinajstić information content (AvgIpc) is 2.75. The Morgan fingerprint density at radius 3 is 2.70 bits per heavy atom. The first-order valence-corrected chi connectivity index (χ1v) is 8.02. The molecular weight excluding hydrogens is 294 g/mol. The van der Waals surface area contributed by atoms with Crippen LogP contribution in [0.1, 0.15) is 27.2 Å². The molecule has 0 bridgehead atoms. The smallest absolute Gasteiger partial charge is 0.325 e. The van der Waals surface area contributed by atoms with Gasteiger partial charge in [-0.15, -0.1) is 0 Å². The quantitative estimate of drug-likeness (QED) is 0.837. The number of primary amides is 1. The molecule has 0 aliphatic carbocycles. The summed E-state index contributed by atoms with van der Waals surface area (Å²) in [5, 5.41) is 0. The summed E-state index contributed by atoms with van der Waals surface area (Å²) >= 11 is 0. The van der Waals surface area contributed by atoms with Gasteiger partial charge in [0.15, 0.2) is 0 Å². The predicted molar refractivity (Wildman–Crippen MR) is 89.5 cm³/mol. The molecule has 1 aliphatic rings. The molecule has 2 N–H and O–H groups in total. The first-order valence-electron chi connectivity index (χ1n) is 8.02. The van der Waals surface area contributed by atoms with Gasteiger partial charge in [0.1, 0.15) is 5.75 Å². The van der Waals surface area contributed by atoms with E-state index < -0.39 is 5.91 Å². The lowest BCUT2D eigenvalue weighted by atomic mass is 10.1. The average molecular weight is 319 g/mol. The van der Waals surface area contributed by atoms with Gasteiger partial charge in [0.2, 0.25) is 5.91 Å². The number of ether oxygens (including phenoxy) is 1. The molecular formula is C17H25N3O3. The Morgan fingerprint density at radius 2 is 2.09 bits per heavy atom. The summed E-state index contributed by atoms with van der Waals surface area (Å²) < 4.78 is 5.64. The van der Waals surface area contributed by atoms with Crippen LogP contribution >= 0.6 is 0 Å². The summed E-state index contributed by atoms with van der Waals surface area (Å²) in [5.41, 5.74) is 6.07. The molecule has 0 aromatic heterocycles. The molecule has 1 aliphatic heterocycles. The molecule has 1 atom stereocenters. The zero-order valence-electron chi connectivity index (χ0n) is 14.0. The second-order valence-electron chi connectivity index (χ2n) is 6.18. The first-order chi connectivity index (χ1) is 10.9. The third-order valence-corrected chi connectivity index (χ3v) is 3.72. The van der Waals surface area contributed by atoms with Gasteiger partial charge < -0.3 is 15.4 Å². The molecule has 0 spiro atoms. The Labute approximate surface area is 137 Å². The summed E-state index contributed by atoms with van der Waals surface area (Å²) in [6.45, 7) is 7.69. The van der Waals surface area contributed by atoms with Crippen molar-refractivity contribution >= 4 is 17.6 Å². The van der Waals surface area contributed by atoms with E-state index in [1.807, 2.05) is 31.2 Å². The monoisotopic (exact) mass is 319 g/mol. The summed E-state index contributed by atoms with van der Waals surface area (Å²) in [4.78, 5) is 27.7. The van der Waals surface area contributed by atoms with E-state index in [1.54, 1.807) is 9.80 Å². The molecule has 0 radical (unpaired) electrons. The number of hydrogen-bond donors (Lipinski definition) is 1. The number of nitrogens with two attached hydrogens (primary N) is 1. The number of carbonyl (C=O) groups is 2. The van der Waals surface area contributed by atoms with Crippen molar-refractivity contribution in [2.45, 2.75) is 33.2 Å². The van der Waals surface area contributed by atoms with E-state index in [0.717, 1.165) is 0 Å². The highest BCUT2D eigenvalue weighted by Gasteiger charge is 2.40. The third kappa shape index (κ3) is 3.94. The summed E-state index contributed by atoms with van der Waals surface area (Å²) in [6.07, 6.45) is 0.140. The van der Waals surface area contributed by atoms with Crippen LogP contribution in [-0.2, 0) is 4.79 Å². The third-order valence-electron chi connectivity index (χ3n) is 3.72. The molecule has 2 rings (SSSR count). The second kappa shape index (κ2) is 7.35. The Bertz CT molecular complexity index is 574. The van der Waals surface area contributed by atoms with Crippen molar-refractivity contribution in [1.29, 1.82) is 0 Å². The van der Waals surface area contributed by atoms with Crippen molar-refractivity contribution in [3.8, 4) is 5.75 Å². The highest BCUT2D eigenvalue weighted by Crippen LogP contribution is 2.34. The second-order valence-corrected chi connectivity index (χ2v) is 6.18. The molecule has 1 fully saturated rings. The van der Waals surface area contributed by atoms with Crippen LogP contribution in [0.15, 0.2) is 24.3 Å². The lowest BCUT2D eigenvalue weighted by Crippen LogP contribution is -2.38. The lowest BCUT2D eigenvalue weighted by Gasteiger charge is -2.25. The number of nitrogens with zero attached hydrogens (tertiary/aromatic N) is 2. The molecule has 1 aromatic carbocycles. The zero-order chi connectivity index (χ0) is 17.0. The Morgan fingerprint density at radius 1 is 1.39 bits per heavy atom. The predicted octanol–water partition coefficient (Wildman–Crippen LogP) is 2.23. The molecule has 0 saturated carbocycles. The Balaban J connectivity index is 2.35. The van der Waals surface area contributed by atoms with Crippen LogP contribution in [-0.4, -0.2) is 42.6 Å². The fourth-order valence-electron chi connectivity index (χ4n) is 2.94. The van der Waals surface area contributed by atoms with Crippen LogP contribution in [0.3, 0.4) is 0 Å². The van der Waals surface area contributed by atoms with Crippen molar-refractivity contribution in [2.75, 3.05) is 24.6 Å². The molecule has 1 saturated heterocycles. The molecule has 6 nitrogen and oxygen atoms in total. The van der Waals surface area contributed by atoms with E-state index in [-0.39, 0.29) is 18.5 Å². The van der Waals surface area contributed by atoms with E-state index in [4.69, 9.17) is 10.5 Å². The minimum Gasteiger partial charge on any atom is -0.492 e. The van der Waals surface area contributed by atoms with Crippen LogP contribution in [0.2, 0.25) is 0 Å². The number of urea groups is 1. The summed E-state index contributed by atoms with van der Waals surface area (Å²) in [6, 6.07) is 7.04. The minimum absolute atomic E-state index is 0.0999. The fourth-order valence-corrected chi connectivity index (χ4v) is 2.94. The van der Waals surface area contributed by atoms with Crippen LogP contribution in [0.25, 0.3) is 0 Å². The number of carbonyl (C=O) groups excluding carboxylic acids is 2. The number of rotatable bonds is 7. The summed E-state index contributed by atoms with van der Waals surface area (Å²) in [7, 11) is 0. The maximum atomic E-state index is 12.8. The van der Waals surface area contributed by atoms with Crippen molar-refractivity contribution < 1.29 is 14.3 Å². The molecule has 6 heteroatoms. The van der Waals surface area contributed by atoms with Gasteiger partial charge in [-0.3, -0.25) is 9.69 Å². The molecule has 3 amide bonds. The molecule has 23 heavy (non-hydrogen) atoms. The Kier molecular flexibility index (Phi) is 5.47. The van der Waals surface area contributed by atoms with E-state index in [2.05, 4.69) is 13.8 Å². The molecule has 126 valence electrons. The lowest BCUT2D eigenvalue weighted by molar-refractivity contribution is -0.118. The molecule has 1 unspecified atom stereocenters. The normalized spacial score (nSPS) is 17.9. The van der Waals surface area contributed by atoms with Crippen LogP contribution < -0.4 is 15.4 Å². The highest BCUT2D eigenvalue weighted by atomic mass is 16.5. The number of hydrogen-bond acceptors (Lipinski definition) is 3. The zero-order valence-corrected chi connectivity index (χ0v) is 14.0. The van der Waals surface area contributed by atoms with Gasteiger partial charge >= 0.3 is 6.03 Å². The van der Waals surface area contributed by atoms with Gasteiger partial charge in [-0.2, -0.15) is 0 Å². The van der Waals surface area contributed by atoms with Gasteiger partial charge in [-0.05, 0) is 25.0 Å². The van der Waals surface area contributed by atoms with Crippen LogP contribution in [0.4, 0.5) is 10.5 Å². The van der Waals surface area contributed by atoms with Crippen molar-refractivity contribution in [2.24, 2.45) is 11.7 Å². The topological polar surface area (TPSA) is 75.9 Å². The van der Waals surface area contributed by atoms with Crippen molar-refractivity contribution in [3.05, 3.63) is 24.3 Å². The maximum Gasteiger partial charge on any atom is 0.325 e. The van der Waals surface area contributed by atoms with Crippen LogP contribution in [0, 0.1) is 5.92 Å². The van der Waals surface area contributed by atoms with E-state index in [9.17, 15) is 9.59 Å². The van der Waals surface area contributed by atoms with E-state index in [1.165, 1.54) is 0 Å². The SMILES string of the molecule is CCOc1ccccc1N1C(=O)N(CC(C)C)CC1CC(N)=O. The fraction of sp³-hybridized carbons (Fsp3) is 0.529. The summed E-state index contributed by atoms with van der Waals surface area (Å²) in [5.74, 6) is 0.590. The van der Waals surface area contributed by atoms with Gasteiger partial charge in [-0.25, -0.2) is 4.79 Å². The maximum absolute atomic E-state index is 12.8. The molecule has 1 heterocycles. The number of anilines is 1. The van der Waals surface area contributed by atoms with E-state index in [0.29, 0.717) is 37.1 Å². The standard InChI is InChI=1S/C17H25N3O3/c1-4-23-15-8-6-5-7-14(15)20-13(9-16(18)21)11-19(17(20)22)10-12(2)3/h5-8,12-13H,4,9-11H2,1-3H3,(H2,18,21). The van der Waals surface area contributed by atoms with Crippen molar-refractivity contribution in [1.82, 2.24) is 4.90 Å². The molecule has 1 aromatic rings. The highest BCUT2D eigenvalue weighted by molar-refractivity contribution is 5.97. The van der Waals surface area contributed by atoms with Gasteiger partial charge in [0.25, 0.3) is 0 Å². The number of amides is 3. The van der Waals surface area contributed by atoms with Gasteiger partial charge in [0.05, 0.1) is 18.3 Å². The van der Waals surface area contributed by atoms with Crippen molar-refractivity contribution in [3.63, 3.8) is 0 Å². The van der Waals surface area contributed by atoms with Gasteiger partial charge in [-0.1, -0.05) is 26.0 Å². The Hall–Kier alpha value is -2.24. The largest absolute Gasteiger partial charge is 0.492 e. The van der Waals surface area contributed by atoms with Crippen LogP contribution in [0.5, 0.6) is 5.75 Å².